The van der Waals surface area contributed by atoms with E-state index in [4.69, 9.17) is 0 Å². The van der Waals surface area contributed by atoms with E-state index in [0.29, 0.717) is 23.4 Å². The van der Waals surface area contributed by atoms with Gasteiger partial charge in [-0.15, -0.1) is 0 Å². The molecule has 2 aromatic rings. The number of benzene rings is 1. The molecule has 0 saturated heterocycles. The van der Waals surface area contributed by atoms with E-state index in [1.807, 2.05) is 39.7 Å². The maximum atomic E-state index is 13.3. The number of para-hydroxylation sites is 1. The molecule has 5 aliphatic carbocycles. The number of allylic oxidation sites excluding steroid dienone is 4. The van der Waals surface area contributed by atoms with Crippen molar-refractivity contribution >= 4 is 0 Å². The molecule has 2 unspecified atom stereocenters. The lowest BCUT2D eigenvalue weighted by molar-refractivity contribution is 0.0445. The van der Waals surface area contributed by atoms with Crippen molar-refractivity contribution < 1.29 is 0 Å². The van der Waals surface area contributed by atoms with Crippen molar-refractivity contribution in [3.63, 3.8) is 0 Å². The van der Waals surface area contributed by atoms with Crippen LogP contribution in [-0.2, 0) is 0 Å². The van der Waals surface area contributed by atoms with Gasteiger partial charge in [0.1, 0.15) is 0 Å². The molecule has 8 atom stereocenters. The Bertz CT molecular complexity index is 1130. The molecule has 3 heterocycles. The average molecular weight is 329 g/mol. The quantitative estimate of drug-likeness (QED) is 0.796. The summed E-state index contributed by atoms with van der Waals surface area (Å²) in [7, 11) is 0. The number of aromatic nitrogens is 3. The van der Waals surface area contributed by atoms with Crippen LogP contribution in [0.2, 0.25) is 0 Å². The summed E-state index contributed by atoms with van der Waals surface area (Å²) in [6, 6.07) is 9.67. The molecule has 5 nitrogen and oxygen atoms in total. The van der Waals surface area contributed by atoms with Crippen LogP contribution in [0.4, 0.5) is 0 Å². The number of nitrogens with zero attached hydrogens (tertiary/aromatic N) is 3. The number of hydrogen-bond donors (Lipinski definition) is 0. The molecule has 2 aliphatic heterocycles. The van der Waals surface area contributed by atoms with Gasteiger partial charge in [0.25, 0.3) is 0 Å². The fraction of sp³-hybridized carbons (Fsp3) is 0.400. The van der Waals surface area contributed by atoms with Gasteiger partial charge in [-0.1, -0.05) is 42.5 Å². The molecule has 2 bridgehead atoms. The largest absolute Gasteiger partial charge is 0.352 e. The second kappa shape index (κ2) is 3.02. The highest BCUT2D eigenvalue weighted by Gasteiger charge is 3.02. The molecular formula is C20H15N3O2. The standard InChI is InChI=1S/C20H15N3O2/c24-17-21(10-6-2-1-3-7-10)18(25)23-16-13-11-12(13)15(22(17)23)19-8-4-5-9-20(16,19)14(11)19/h1-9,11-16H/t11?,12-,13-,14?,15-,16-,19-,20+/m0/s1. The first-order chi connectivity index (χ1) is 12.2. The Kier molecular flexibility index (Phi) is 1.44. The van der Waals surface area contributed by atoms with Crippen molar-refractivity contribution in [1.29, 1.82) is 0 Å². The van der Waals surface area contributed by atoms with Gasteiger partial charge in [-0.25, -0.2) is 23.5 Å². The Morgan fingerprint density at radius 1 is 0.760 bits per heavy atom. The van der Waals surface area contributed by atoms with Crippen LogP contribution in [0, 0.1) is 34.5 Å². The third-order valence-electron chi connectivity index (χ3n) is 8.38. The third kappa shape index (κ3) is 0.819. The van der Waals surface area contributed by atoms with Crippen LogP contribution < -0.4 is 11.4 Å². The molecule has 7 aliphatic rings. The number of rotatable bonds is 1. The molecule has 2 spiro atoms. The molecule has 9 rings (SSSR count). The van der Waals surface area contributed by atoms with Gasteiger partial charge in [-0.05, 0) is 35.8 Å². The highest BCUT2D eigenvalue weighted by atomic mass is 16.2. The van der Waals surface area contributed by atoms with E-state index in [9.17, 15) is 9.59 Å². The molecule has 1 aromatic heterocycles. The highest BCUT2D eigenvalue weighted by molar-refractivity contribution is 5.57. The second-order valence-electron chi connectivity index (χ2n) is 8.61. The summed E-state index contributed by atoms with van der Waals surface area (Å²) in [5.41, 5.74) is 0.568. The third-order valence-corrected chi connectivity index (χ3v) is 8.38. The predicted octanol–water partition coefficient (Wildman–Crippen LogP) is 1.51. The van der Waals surface area contributed by atoms with Crippen LogP contribution >= 0.6 is 0 Å². The minimum absolute atomic E-state index is 0.107. The molecule has 122 valence electrons. The van der Waals surface area contributed by atoms with Gasteiger partial charge in [0.2, 0.25) is 0 Å². The van der Waals surface area contributed by atoms with E-state index in [1.54, 1.807) is 0 Å². The molecule has 5 heteroatoms. The molecule has 4 fully saturated rings. The lowest BCUT2D eigenvalue weighted by atomic mass is 9.69. The van der Waals surface area contributed by atoms with Gasteiger partial charge in [0.05, 0.1) is 17.8 Å². The molecule has 25 heavy (non-hydrogen) atoms. The Morgan fingerprint density at radius 2 is 1.32 bits per heavy atom. The average Bonchev–Trinajstić information content (AvgIpc) is 3.41. The van der Waals surface area contributed by atoms with Gasteiger partial charge in [0, 0.05) is 10.8 Å². The zero-order chi connectivity index (χ0) is 16.3. The highest BCUT2D eigenvalue weighted by Crippen LogP contribution is 3.03. The summed E-state index contributed by atoms with van der Waals surface area (Å²) in [6.45, 7) is 0. The Morgan fingerprint density at radius 3 is 1.88 bits per heavy atom. The maximum absolute atomic E-state index is 13.3. The smallest absolute Gasteiger partial charge is 0.245 e. The molecule has 0 amide bonds. The summed E-state index contributed by atoms with van der Waals surface area (Å²) >= 11 is 0. The van der Waals surface area contributed by atoms with Crippen LogP contribution in [0.5, 0.6) is 0 Å². The zero-order valence-corrected chi connectivity index (χ0v) is 13.3. The molecule has 1 aromatic carbocycles. The first-order valence-electron chi connectivity index (χ1n) is 9.14. The first kappa shape index (κ1) is 11.9. The molecule has 4 saturated carbocycles. The van der Waals surface area contributed by atoms with Crippen molar-refractivity contribution in [1.82, 2.24) is 13.9 Å². The first-order valence-corrected chi connectivity index (χ1v) is 9.14. The van der Waals surface area contributed by atoms with Crippen LogP contribution in [0.15, 0.2) is 64.2 Å². The van der Waals surface area contributed by atoms with E-state index in [-0.39, 0.29) is 34.3 Å². The van der Waals surface area contributed by atoms with Gasteiger partial charge >= 0.3 is 11.4 Å². The Labute approximate surface area is 142 Å². The summed E-state index contributed by atoms with van der Waals surface area (Å²) < 4.78 is 5.06. The lowest BCUT2D eigenvalue weighted by Gasteiger charge is -2.47. The summed E-state index contributed by atoms with van der Waals surface area (Å²) in [5, 5.41) is 0. The fourth-order valence-electron chi connectivity index (χ4n) is 8.05. The van der Waals surface area contributed by atoms with Gasteiger partial charge in [-0.2, -0.15) is 0 Å². The van der Waals surface area contributed by atoms with Crippen LogP contribution in [0.1, 0.15) is 12.1 Å². The van der Waals surface area contributed by atoms with Crippen LogP contribution in [0.25, 0.3) is 5.69 Å². The van der Waals surface area contributed by atoms with Crippen molar-refractivity contribution in [3.8, 4) is 5.69 Å². The van der Waals surface area contributed by atoms with E-state index in [1.165, 1.54) is 4.57 Å². The van der Waals surface area contributed by atoms with Crippen LogP contribution in [0.3, 0.4) is 0 Å². The second-order valence-corrected chi connectivity index (χ2v) is 8.61. The Hall–Kier alpha value is -2.56. The topological polar surface area (TPSA) is 48.9 Å². The monoisotopic (exact) mass is 329 g/mol. The molecule has 0 radical (unpaired) electrons. The van der Waals surface area contributed by atoms with Crippen molar-refractivity contribution in [3.05, 3.63) is 75.6 Å². The molecule has 0 N–H and O–H groups in total. The normalized spacial score (nSPS) is 49.9. The van der Waals surface area contributed by atoms with Crippen molar-refractivity contribution in [2.45, 2.75) is 12.1 Å². The van der Waals surface area contributed by atoms with E-state index in [2.05, 4.69) is 24.3 Å². The van der Waals surface area contributed by atoms with E-state index >= 15 is 0 Å². The minimum Gasteiger partial charge on any atom is -0.245 e. The van der Waals surface area contributed by atoms with E-state index in [0.717, 1.165) is 5.92 Å². The summed E-state index contributed by atoms with van der Waals surface area (Å²) in [6.07, 6.45) is 9.02. The van der Waals surface area contributed by atoms with Gasteiger partial charge < -0.3 is 0 Å². The van der Waals surface area contributed by atoms with E-state index < -0.39 is 0 Å². The SMILES string of the molecule is O=c1n(-c2ccccc2)c(=O)n2n1[C@H]1[C@H]3C4C5[C@@]16C=CC=C[C@]56[C@@H]2[C@@H]43. The minimum atomic E-state index is -0.159. The summed E-state index contributed by atoms with van der Waals surface area (Å²) in [5.74, 6) is 2.59. The molecular weight excluding hydrogens is 314 g/mol. The van der Waals surface area contributed by atoms with Crippen LogP contribution in [-0.4, -0.2) is 13.9 Å². The van der Waals surface area contributed by atoms with Gasteiger partial charge in [-0.3, -0.25) is 0 Å². The van der Waals surface area contributed by atoms with Gasteiger partial charge in [0.15, 0.2) is 0 Å². The summed E-state index contributed by atoms with van der Waals surface area (Å²) in [4.78, 5) is 26.6. The maximum Gasteiger partial charge on any atom is 0.352 e. The number of hydrogen-bond acceptors (Lipinski definition) is 2. The van der Waals surface area contributed by atoms with Crippen molar-refractivity contribution in [2.24, 2.45) is 34.5 Å². The van der Waals surface area contributed by atoms with Crippen molar-refractivity contribution in [2.75, 3.05) is 0 Å². The Balaban J connectivity index is 1.50. The predicted molar refractivity (Wildman–Crippen MR) is 89.5 cm³/mol. The fourth-order valence-corrected chi connectivity index (χ4v) is 8.05. The lowest BCUT2D eigenvalue weighted by Crippen LogP contribution is -2.52. The zero-order valence-electron chi connectivity index (χ0n) is 13.3.